The summed E-state index contributed by atoms with van der Waals surface area (Å²) in [4.78, 5) is 0. The second-order valence-corrected chi connectivity index (χ2v) is 14.3. The Morgan fingerprint density at radius 3 is 2.38 bits per heavy atom. The Balaban J connectivity index is 2.09. The van der Waals surface area contributed by atoms with Crippen LogP contribution in [-0.4, -0.2) is 38.3 Å². The topological polar surface area (TPSA) is 47.9 Å². The maximum absolute atomic E-state index is 10.7. The number of aliphatic hydroxyl groups excluding tert-OH is 1. The smallest absolute Gasteiger partial charge is 0.279 e. The maximum Gasteiger partial charge on any atom is 0.279 e. The summed E-state index contributed by atoms with van der Waals surface area (Å²) in [5, 5.41) is 10.8. The molecule has 0 aromatic heterocycles. The average molecular weight is 385 g/mol. The van der Waals surface area contributed by atoms with E-state index in [1.807, 2.05) is 0 Å². The predicted molar refractivity (Wildman–Crippen MR) is 109 cm³/mol. The monoisotopic (exact) mass is 384 g/mol. The van der Waals surface area contributed by atoms with Crippen molar-refractivity contribution in [3.63, 3.8) is 0 Å². The number of ether oxygens (including phenoxy) is 2. The summed E-state index contributed by atoms with van der Waals surface area (Å²) in [7, 11) is -1.86. The molecule has 3 atom stereocenters. The van der Waals surface area contributed by atoms with Gasteiger partial charge >= 0.3 is 0 Å². The molecule has 26 heavy (non-hydrogen) atoms. The predicted octanol–water partition coefficient (Wildman–Crippen LogP) is 5.52. The summed E-state index contributed by atoms with van der Waals surface area (Å²) in [5.74, 6) is 0.689. The minimum absolute atomic E-state index is 0.160. The van der Waals surface area contributed by atoms with Crippen LogP contribution in [0, 0.1) is 0 Å². The van der Waals surface area contributed by atoms with Crippen LogP contribution < -0.4 is 0 Å². The first-order chi connectivity index (χ1) is 12.2. The van der Waals surface area contributed by atoms with E-state index in [0.29, 0.717) is 12.6 Å². The van der Waals surface area contributed by atoms with Gasteiger partial charge in [0.15, 0.2) is 20.5 Å². The van der Waals surface area contributed by atoms with Gasteiger partial charge in [-0.25, -0.2) is 0 Å². The lowest BCUT2D eigenvalue weighted by molar-refractivity contribution is -0.00685. The molecule has 1 saturated carbocycles. The highest BCUT2D eigenvalue weighted by Crippen LogP contribution is 2.38. The molecule has 1 heterocycles. The largest absolute Gasteiger partial charge is 0.456 e. The number of allylic oxidation sites excluding steroid dienone is 1. The molecule has 0 radical (unpaired) electrons. The first-order valence-electron chi connectivity index (χ1n) is 10.5. The molecule has 0 unspecified atom stereocenters. The maximum atomic E-state index is 10.7. The van der Waals surface area contributed by atoms with Crippen molar-refractivity contribution in [2.45, 2.75) is 116 Å². The summed E-state index contributed by atoms with van der Waals surface area (Å²) in [6.07, 6.45) is 7.64. The first kappa shape index (κ1) is 21.8. The number of unbranched alkanes of at least 4 members (excludes halogenated alkanes) is 1. The Bertz CT molecular complexity index is 473. The van der Waals surface area contributed by atoms with Crippen LogP contribution in [0.15, 0.2) is 11.5 Å². The second-order valence-electron chi connectivity index (χ2n) is 9.47. The number of rotatable bonds is 7. The molecule has 1 saturated heterocycles. The van der Waals surface area contributed by atoms with E-state index in [0.717, 1.165) is 32.1 Å². The van der Waals surface area contributed by atoms with E-state index in [1.54, 1.807) is 0 Å². The number of aliphatic hydroxyl groups is 1. The molecule has 152 valence electrons. The van der Waals surface area contributed by atoms with Crippen molar-refractivity contribution in [2.24, 2.45) is 0 Å². The molecule has 0 spiro atoms. The first-order valence-corrected chi connectivity index (χ1v) is 13.4. The SMILES string of the molecule is CCCC[C@H](O)[C@H]1OC(=C2CCCCC2)O[C@H]1CO[Si](C)(C)C(C)(C)C. The molecular weight excluding hydrogens is 344 g/mol. The molecule has 2 rings (SSSR count). The van der Waals surface area contributed by atoms with Crippen molar-refractivity contribution in [3.05, 3.63) is 11.5 Å². The summed E-state index contributed by atoms with van der Waals surface area (Å²) < 4.78 is 18.8. The van der Waals surface area contributed by atoms with Gasteiger partial charge < -0.3 is 19.0 Å². The van der Waals surface area contributed by atoms with Crippen molar-refractivity contribution >= 4 is 8.32 Å². The van der Waals surface area contributed by atoms with Gasteiger partial charge in [-0.05, 0) is 50.2 Å². The van der Waals surface area contributed by atoms with E-state index >= 15 is 0 Å². The minimum Gasteiger partial charge on any atom is -0.456 e. The normalized spacial score (nSPS) is 25.8. The van der Waals surface area contributed by atoms with Gasteiger partial charge in [-0.15, -0.1) is 0 Å². The van der Waals surface area contributed by atoms with E-state index < -0.39 is 14.4 Å². The lowest BCUT2D eigenvalue weighted by atomic mass is 9.96. The Kier molecular flexibility index (Phi) is 7.63. The lowest BCUT2D eigenvalue weighted by Crippen LogP contribution is -2.45. The molecule has 2 fully saturated rings. The van der Waals surface area contributed by atoms with E-state index in [9.17, 15) is 5.11 Å². The van der Waals surface area contributed by atoms with Gasteiger partial charge in [-0.2, -0.15) is 0 Å². The summed E-state index contributed by atoms with van der Waals surface area (Å²) in [5.41, 5.74) is 1.29. The van der Waals surface area contributed by atoms with Crippen LogP contribution in [0.2, 0.25) is 18.1 Å². The highest BCUT2D eigenvalue weighted by molar-refractivity contribution is 6.74. The van der Waals surface area contributed by atoms with Crippen LogP contribution in [0.3, 0.4) is 0 Å². The van der Waals surface area contributed by atoms with Crippen LogP contribution in [0.4, 0.5) is 0 Å². The zero-order valence-corrected chi connectivity index (χ0v) is 18.8. The van der Waals surface area contributed by atoms with Crippen molar-refractivity contribution in [1.82, 2.24) is 0 Å². The van der Waals surface area contributed by atoms with Gasteiger partial charge in [0.05, 0.1) is 12.7 Å². The number of hydrogen-bond donors (Lipinski definition) is 1. The summed E-state index contributed by atoms with van der Waals surface area (Å²) >= 11 is 0. The van der Waals surface area contributed by atoms with Gasteiger partial charge in [-0.3, -0.25) is 0 Å². The van der Waals surface area contributed by atoms with Gasteiger partial charge in [0.2, 0.25) is 0 Å². The van der Waals surface area contributed by atoms with Crippen LogP contribution in [-0.2, 0) is 13.9 Å². The van der Waals surface area contributed by atoms with Gasteiger partial charge in [-0.1, -0.05) is 47.0 Å². The molecule has 0 aromatic carbocycles. The van der Waals surface area contributed by atoms with Crippen molar-refractivity contribution in [2.75, 3.05) is 6.61 Å². The zero-order valence-electron chi connectivity index (χ0n) is 17.8. The van der Waals surface area contributed by atoms with Crippen LogP contribution in [0.5, 0.6) is 0 Å². The number of hydrogen-bond acceptors (Lipinski definition) is 4. The summed E-state index contributed by atoms with van der Waals surface area (Å²) in [6.45, 7) is 13.9. The Morgan fingerprint density at radius 2 is 1.81 bits per heavy atom. The third-order valence-electron chi connectivity index (χ3n) is 6.26. The van der Waals surface area contributed by atoms with Crippen molar-refractivity contribution < 1.29 is 19.0 Å². The fourth-order valence-corrected chi connectivity index (χ4v) is 4.33. The quantitative estimate of drug-likeness (QED) is 0.587. The molecule has 0 amide bonds. The second kappa shape index (κ2) is 9.11. The molecule has 0 aromatic rings. The van der Waals surface area contributed by atoms with E-state index in [4.69, 9.17) is 13.9 Å². The van der Waals surface area contributed by atoms with Crippen LogP contribution in [0.1, 0.15) is 79.1 Å². The standard InChI is InChI=1S/C21H40O4Si/c1-7-8-14-17(22)19-18(15-23-26(5,6)21(2,3)4)24-20(25-19)16-12-10-9-11-13-16/h17-19,22H,7-15H2,1-6H3/t17-,18-,19+/m0/s1. The zero-order chi connectivity index (χ0) is 19.4. The van der Waals surface area contributed by atoms with Crippen LogP contribution >= 0.6 is 0 Å². The van der Waals surface area contributed by atoms with E-state index in [1.165, 1.54) is 24.8 Å². The molecule has 1 aliphatic heterocycles. The molecular formula is C21H40O4Si. The van der Waals surface area contributed by atoms with E-state index in [2.05, 4.69) is 40.8 Å². The third kappa shape index (κ3) is 5.49. The molecule has 4 nitrogen and oxygen atoms in total. The lowest BCUT2D eigenvalue weighted by Gasteiger charge is -2.37. The van der Waals surface area contributed by atoms with Crippen LogP contribution in [0.25, 0.3) is 0 Å². The Hall–Kier alpha value is -0.523. The Labute approximate surface area is 161 Å². The minimum atomic E-state index is -1.86. The van der Waals surface area contributed by atoms with Crippen molar-refractivity contribution in [1.29, 1.82) is 0 Å². The van der Waals surface area contributed by atoms with Gasteiger partial charge in [0.25, 0.3) is 5.95 Å². The average Bonchev–Trinajstić information content (AvgIpc) is 3.02. The van der Waals surface area contributed by atoms with Gasteiger partial charge in [0.1, 0.15) is 0 Å². The third-order valence-corrected chi connectivity index (χ3v) is 10.8. The molecule has 2 aliphatic rings. The highest BCUT2D eigenvalue weighted by Gasteiger charge is 2.43. The molecule has 0 bridgehead atoms. The highest BCUT2D eigenvalue weighted by atomic mass is 28.4. The van der Waals surface area contributed by atoms with Gasteiger partial charge in [0, 0.05) is 5.57 Å². The molecule has 1 aliphatic carbocycles. The van der Waals surface area contributed by atoms with Crippen molar-refractivity contribution in [3.8, 4) is 0 Å². The molecule has 5 heteroatoms. The fraction of sp³-hybridized carbons (Fsp3) is 0.905. The van der Waals surface area contributed by atoms with E-state index in [-0.39, 0.29) is 17.2 Å². The Morgan fingerprint density at radius 1 is 1.15 bits per heavy atom. The fourth-order valence-electron chi connectivity index (χ4n) is 3.32. The summed E-state index contributed by atoms with van der Waals surface area (Å²) in [6, 6.07) is 0. The molecule has 1 N–H and O–H groups in total.